The van der Waals surface area contributed by atoms with Gasteiger partial charge >= 0.3 is 0 Å². The average molecular weight is 293 g/mol. The van der Waals surface area contributed by atoms with Crippen molar-refractivity contribution >= 4 is 0 Å². The van der Waals surface area contributed by atoms with Gasteiger partial charge in [0.2, 0.25) is 0 Å². The lowest BCUT2D eigenvalue weighted by Crippen LogP contribution is -2.48. The highest BCUT2D eigenvalue weighted by Gasteiger charge is 2.51. The highest BCUT2D eigenvalue weighted by atomic mass is 14.6. The molecule has 0 heteroatoms. The summed E-state index contributed by atoms with van der Waals surface area (Å²) in [5.74, 6) is 1.94. The van der Waals surface area contributed by atoms with Gasteiger partial charge < -0.3 is 0 Å². The van der Waals surface area contributed by atoms with Crippen LogP contribution in [0.4, 0.5) is 0 Å². The summed E-state index contributed by atoms with van der Waals surface area (Å²) in [5.41, 5.74) is 1.85. The summed E-state index contributed by atoms with van der Waals surface area (Å²) < 4.78 is 0. The second kappa shape index (κ2) is 5.27. The van der Waals surface area contributed by atoms with Crippen molar-refractivity contribution in [3.63, 3.8) is 0 Å². The molecule has 0 bridgehead atoms. The summed E-state index contributed by atoms with van der Waals surface area (Å²) in [4.78, 5) is 0. The number of fused-ring (bicyclic) bond motifs is 1. The Labute approximate surface area is 134 Å². The van der Waals surface area contributed by atoms with E-state index in [2.05, 4.69) is 55.4 Å². The highest BCUT2D eigenvalue weighted by Crippen LogP contribution is 2.60. The molecule has 0 radical (unpaired) electrons. The minimum atomic E-state index is 0.404. The predicted octanol–water partition coefficient (Wildman–Crippen LogP) is 7.08. The number of hydrogen-bond donors (Lipinski definition) is 0. The molecule has 124 valence electrons. The van der Waals surface area contributed by atoms with Crippen LogP contribution < -0.4 is 0 Å². The van der Waals surface area contributed by atoms with Crippen molar-refractivity contribution in [3.8, 4) is 0 Å². The van der Waals surface area contributed by atoms with Crippen LogP contribution in [0.1, 0.15) is 100 Å². The van der Waals surface area contributed by atoms with E-state index >= 15 is 0 Å². The van der Waals surface area contributed by atoms with Crippen LogP contribution in [0, 0.1) is 33.5 Å². The molecular formula is C21H40. The zero-order valence-corrected chi connectivity index (χ0v) is 16.1. The molecule has 2 rings (SSSR count). The zero-order chi connectivity index (χ0) is 16.1. The van der Waals surface area contributed by atoms with Gasteiger partial charge in [-0.05, 0) is 65.6 Å². The fraction of sp³-hybridized carbons (Fsp3) is 1.00. The zero-order valence-electron chi connectivity index (χ0n) is 16.1. The van der Waals surface area contributed by atoms with Crippen molar-refractivity contribution in [2.24, 2.45) is 33.5 Å². The van der Waals surface area contributed by atoms with E-state index in [9.17, 15) is 0 Å². The minimum Gasteiger partial charge on any atom is -0.0599 e. The lowest BCUT2D eigenvalue weighted by Gasteiger charge is -2.56. The third kappa shape index (κ3) is 3.20. The van der Waals surface area contributed by atoms with Crippen molar-refractivity contribution in [2.75, 3.05) is 0 Å². The Morgan fingerprint density at radius 1 is 0.619 bits per heavy atom. The maximum atomic E-state index is 2.55. The summed E-state index contributed by atoms with van der Waals surface area (Å²) in [6.07, 6.45) is 10.1. The fourth-order valence-electron chi connectivity index (χ4n) is 5.36. The molecule has 0 N–H and O–H groups in total. The van der Waals surface area contributed by atoms with Crippen LogP contribution in [0.5, 0.6) is 0 Å². The van der Waals surface area contributed by atoms with Crippen LogP contribution in [0.3, 0.4) is 0 Å². The van der Waals surface area contributed by atoms with Gasteiger partial charge in [-0.2, -0.15) is 0 Å². The van der Waals surface area contributed by atoms with Crippen LogP contribution in [-0.2, 0) is 0 Å². The van der Waals surface area contributed by atoms with Crippen LogP contribution in [-0.4, -0.2) is 0 Å². The first-order valence-electron chi connectivity index (χ1n) is 9.38. The Kier molecular flexibility index (Phi) is 4.36. The molecule has 0 heterocycles. The molecule has 0 spiro atoms. The topological polar surface area (TPSA) is 0 Å². The van der Waals surface area contributed by atoms with Crippen LogP contribution in [0.25, 0.3) is 0 Å². The van der Waals surface area contributed by atoms with E-state index in [-0.39, 0.29) is 0 Å². The van der Waals surface area contributed by atoms with Crippen molar-refractivity contribution in [1.82, 2.24) is 0 Å². The van der Waals surface area contributed by atoms with E-state index < -0.39 is 0 Å². The van der Waals surface area contributed by atoms with Crippen molar-refractivity contribution in [2.45, 2.75) is 100 Å². The quantitative estimate of drug-likeness (QED) is 0.447. The minimum absolute atomic E-state index is 0.404. The van der Waals surface area contributed by atoms with Gasteiger partial charge in [-0.15, -0.1) is 0 Å². The van der Waals surface area contributed by atoms with Gasteiger partial charge in [0, 0.05) is 0 Å². The summed E-state index contributed by atoms with van der Waals surface area (Å²) in [7, 11) is 0. The molecule has 2 aliphatic carbocycles. The lowest BCUT2D eigenvalue weighted by atomic mass is 9.49. The molecule has 2 aliphatic rings. The van der Waals surface area contributed by atoms with E-state index in [1.807, 2.05) is 0 Å². The largest absolute Gasteiger partial charge is 0.0599 e. The van der Waals surface area contributed by atoms with E-state index in [1.54, 1.807) is 0 Å². The SMILES string of the molecule is CC1(C)CCCC2CCC(C)(C)C(C)(C)C(C)(C)CC2C1. The Balaban J connectivity index is 2.32. The second-order valence-electron chi connectivity index (χ2n) is 10.9. The average Bonchev–Trinajstić information content (AvgIpc) is 2.43. The summed E-state index contributed by atoms with van der Waals surface area (Å²) in [6.45, 7) is 20.2. The molecule has 0 nitrogen and oxygen atoms in total. The van der Waals surface area contributed by atoms with Crippen LogP contribution >= 0.6 is 0 Å². The summed E-state index contributed by atoms with van der Waals surface area (Å²) in [5, 5.41) is 0. The van der Waals surface area contributed by atoms with Gasteiger partial charge in [-0.3, -0.25) is 0 Å². The van der Waals surface area contributed by atoms with Gasteiger partial charge in [0.1, 0.15) is 0 Å². The van der Waals surface area contributed by atoms with Crippen molar-refractivity contribution < 1.29 is 0 Å². The smallest absolute Gasteiger partial charge is 0.0252 e. The first kappa shape index (κ1) is 17.4. The monoisotopic (exact) mass is 292 g/mol. The highest BCUT2D eigenvalue weighted by molar-refractivity contribution is 5.00. The standard InChI is InChI=1S/C21H40/c1-18(2)12-9-10-16-11-13-19(3,4)21(7,8)20(5,6)15-17(16)14-18/h16-17H,9-15H2,1-8H3. The Morgan fingerprint density at radius 2 is 1.24 bits per heavy atom. The molecule has 0 amide bonds. The third-order valence-corrected chi connectivity index (χ3v) is 8.21. The first-order chi connectivity index (χ1) is 9.38. The van der Waals surface area contributed by atoms with E-state index in [1.165, 1.54) is 44.9 Å². The van der Waals surface area contributed by atoms with Gasteiger partial charge in [-0.1, -0.05) is 68.2 Å². The van der Waals surface area contributed by atoms with Crippen LogP contribution in [0.2, 0.25) is 0 Å². The predicted molar refractivity (Wildman–Crippen MR) is 94.4 cm³/mol. The molecule has 2 atom stereocenters. The molecule has 0 aliphatic heterocycles. The normalized spacial score (nSPS) is 37.7. The van der Waals surface area contributed by atoms with E-state index in [4.69, 9.17) is 0 Å². The van der Waals surface area contributed by atoms with Gasteiger partial charge in [0.05, 0.1) is 0 Å². The van der Waals surface area contributed by atoms with E-state index in [0.717, 1.165) is 11.8 Å². The van der Waals surface area contributed by atoms with Crippen LogP contribution in [0.15, 0.2) is 0 Å². The third-order valence-electron chi connectivity index (χ3n) is 8.21. The molecule has 21 heavy (non-hydrogen) atoms. The Bertz CT molecular complexity index is 369. The summed E-state index contributed by atoms with van der Waals surface area (Å²) in [6, 6.07) is 0. The van der Waals surface area contributed by atoms with Gasteiger partial charge in [0.25, 0.3) is 0 Å². The lowest BCUT2D eigenvalue weighted by molar-refractivity contribution is -0.0672. The Morgan fingerprint density at radius 3 is 1.86 bits per heavy atom. The van der Waals surface area contributed by atoms with Gasteiger partial charge in [0.15, 0.2) is 0 Å². The maximum Gasteiger partial charge on any atom is -0.0252 e. The van der Waals surface area contributed by atoms with Gasteiger partial charge in [-0.25, -0.2) is 0 Å². The number of rotatable bonds is 0. The molecule has 2 saturated carbocycles. The summed E-state index contributed by atoms with van der Waals surface area (Å²) >= 11 is 0. The molecular weight excluding hydrogens is 252 g/mol. The Hall–Kier alpha value is 0. The molecule has 0 saturated heterocycles. The molecule has 0 aromatic rings. The van der Waals surface area contributed by atoms with E-state index in [0.29, 0.717) is 21.7 Å². The fourth-order valence-corrected chi connectivity index (χ4v) is 5.36. The second-order valence-corrected chi connectivity index (χ2v) is 10.9. The van der Waals surface area contributed by atoms with Crippen molar-refractivity contribution in [1.29, 1.82) is 0 Å². The molecule has 2 fully saturated rings. The molecule has 0 aromatic heterocycles. The number of hydrogen-bond acceptors (Lipinski definition) is 0. The molecule has 0 aromatic carbocycles. The maximum absolute atomic E-state index is 2.55. The first-order valence-corrected chi connectivity index (χ1v) is 9.38. The van der Waals surface area contributed by atoms with Crippen molar-refractivity contribution in [3.05, 3.63) is 0 Å². The molecule has 2 unspecified atom stereocenters.